The molecule has 0 N–H and O–H groups in total. The van der Waals surface area contributed by atoms with Crippen molar-refractivity contribution in [1.82, 2.24) is 19.7 Å². The molecular formula is C22H34N4O. The van der Waals surface area contributed by atoms with Gasteiger partial charge in [0.25, 0.3) is 0 Å². The van der Waals surface area contributed by atoms with Crippen molar-refractivity contribution in [3.05, 3.63) is 29.6 Å². The van der Waals surface area contributed by atoms with Gasteiger partial charge in [0.1, 0.15) is 0 Å². The van der Waals surface area contributed by atoms with Crippen molar-refractivity contribution < 1.29 is 4.79 Å². The molecule has 0 radical (unpaired) electrons. The number of hydrogen-bond acceptors (Lipinski definition) is 4. The summed E-state index contributed by atoms with van der Waals surface area (Å²) in [6, 6.07) is 6.96. The van der Waals surface area contributed by atoms with Crippen LogP contribution in [0.4, 0.5) is 0 Å². The third kappa shape index (κ3) is 4.69. The van der Waals surface area contributed by atoms with Crippen molar-refractivity contribution in [1.29, 1.82) is 0 Å². The molecule has 148 valence electrons. The quantitative estimate of drug-likeness (QED) is 0.817. The lowest BCUT2D eigenvalue weighted by molar-refractivity contribution is -0.136. The van der Waals surface area contributed by atoms with E-state index in [9.17, 15) is 4.79 Å². The highest BCUT2D eigenvalue weighted by atomic mass is 16.2. The van der Waals surface area contributed by atoms with Gasteiger partial charge in [-0.3, -0.25) is 19.6 Å². The molecule has 5 nitrogen and oxygen atoms in total. The van der Waals surface area contributed by atoms with Gasteiger partial charge in [-0.15, -0.1) is 0 Å². The smallest absolute Gasteiger partial charge is 0.226 e. The Morgan fingerprint density at radius 3 is 2.56 bits per heavy atom. The zero-order valence-electron chi connectivity index (χ0n) is 16.8. The minimum absolute atomic E-state index is 0.242. The molecule has 1 aromatic rings. The molecule has 0 bridgehead atoms. The number of aryl methyl sites for hydroxylation is 1. The van der Waals surface area contributed by atoms with Gasteiger partial charge < -0.3 is 4.90 Å². The first kappa shape index (κ1) is 18.9. The van der Waals surface area contributed by atoms with Crippen molar-refractivity contribution >= 4 is 5.91 Å². The second-order valence-electron chi connectivity index (χ2n) is 8.64. The molecule has 3 fully saturated rings. The highest BCUT2D eigenvalue weighted by Crippen LogP contribution is 2.26. The van der Waals surface area contributed by atoms with Gasteiger partial charge in [0, 0.05) is 51.0 Å². The molecule has 0 saturated carbocycles. The Morgan fingerprint density at radius 2 is 1.81 bits per heavy atom. The Balaban J connectivity index is 1.27. The number of aromatic nitrogens is 1. The van der Waals surface area contributed by atoms with E-state index in [-0.39, 0.29) is 5.92 Å². The first-order chi connectivity index (χ1) is 13.2. The van der Waals surface area contributed by atoms with E-state index in [1.165, 1.54) is 44.3 Å². The number of piperidine rings is 2. The van der Waals surface area contributed by atoms with Gasteiger partial charge in [0.2, 0.25) is 5.91 Å². The van der Waals surface area contributed by atoms with Crippen LogP contribution in [0.3, 0.4) is 0 Å². The Hall–Kier alpha value is -1.46. The lowest BCUT2D eigenvalue weighted by atomic mass is 9.93. The van der Waals surface area contributed by atoms with E-state index in [4.69, 9.17) is 0 Å². The minimum atomic E-state index is 0.242. The van der Waals surface area contributed by atoms with Crippen LogP contribution in [0.5, 0.6) is 0 Å². The van der Waals surface area contributed by atoms with Gasteiger partial charge in [-0.1, -0.05) is 6.07 Å². The molecule has 3 aliphatic rings. The van der Waals surface area contributed by atoms with Crippen LogP contribution in [0, 0.1) is 12.8 Å². The van der Waals surface area contributed by atoms with Crippen LogP contribution in [0.25, 0.3) is 0 Å². The van der Waals surface area contributed by atoms with Gasteiger partial charge in [-0.05, 0) is 64.1 Å². The topological polar surface area (TPSA) is 39.7 Å². The van der Waals surface area contributed by atoms with Gasteiger partial charge >= 0.3 is 0 Å². The van der Waals surface area contributed by atoms with Crippen LogP contribution in [-0.4, -0.2) is 70.9 Å². The lowest BCUT2D eigenvalue weighted by Crippen LogP contribution is -2.51. The van der Waals surface area contributed by atoms with E-state index < -0.39 is 0 Å². The van der Waals surface area contributed by atoms with Crippen LogP contribution >= 0.6 is 0 Å². The third-order valence-electron chi connectivity index (χ3n) is 6.62. The molecule has 5 heteroatoms. The maximum Gasteiger partial charge on any atom is 0.226 e. The third-order valence-corrected chi connectivity index (χ3v) is 6.62. The molecule has 3 saturated heterocycles. The summed E-state index contributed by atoms with van der Waals surface area (Å²) >= 11 is 0. The Morgan fingerprint density at radius 1 is 1.04 bits per heavy atom. The predicted octanol–water partition coefficient (Wildman–Crippen LogP) is 2.69. The number of amides is 1. The summed E-state index contributed by atoms with van der Waals surface area (Å²) in [5.74, 6) is 0.673. The molecule has 0 unspecified atom stereocenters. The zero-order chi connectivity index (χ0) is 18.6. The van der Waals surface area contributed by atoms with Gasteiger partial charge in [-0.2, -0.15) is 0 Å². The number of carbonyl (C=O) groups is 1. The number of hydrogen-bond donors (Lipinski definition) is 0. The molecule has 1 amide bonds. The van der Waals surface area contributed by atoms with Crippen LogP contribution < -0.4 is 0 Å². The summed E-state index contributed by atoms with van der Waals surface area (Å²) < 4.78 is 0. The normalized spacial score (nSPS) is 25.8. The van der Waals surface area contributed by atoms with Crippen LogP contribution in [0.2, 0.25) is 0 Å². The molecule has 27 heavy (non-hydrogen) atoms. The number of nitrogens with zero attached hydrogens (tertiary/aromatic N) is 4. The monoisotopic (exact) mass is 370 g/mol. The molecule has 4 rings (SSSR count). The Kier molecular flexibility index (Phi) is 6.08. The van der Waals surface area contributed by atoms with Crippen molar-refractivity contribution in [2.75, 3.05) is 39.3 Å². The van der Waals surface area contributed by atoms with Crippen LogP contribution in [-0.2, 0) is 11.3 Å². The summed E-state index contributed by atoms with van der Waals surface area (Å²) in [4.78, 5) is 24.7. The van der Waals surface area contributed by atoms with Crippen molar-refractivity contribution in [2.24, 2.45) is 5.92 Å². The Labute approximate surface area is 163 Å². The van der Waals surface area contributed by atoms with E-state index in [1.807, 2.05) is 0 Å². The average Bonchev–Trinajstić information content (AvgIpc) is 3.23. The van der Waals surface area contributed by atoms with Crippen LogP contribution in [0.1, 0.15) is 49.9 Å². The van der Waals surface area contributed by atoms with E-state index >= 15 is 0 Å². The first-order valence-corrected chi connectivity index (χ1v) is 10.9. The fourth-order valence-electron chi connectivity index (χ4n) is 5.09. The standard InChI is InChI=1S/C22H34N4O/c1-18-6-4-8-20(23-18)17-24-14-9-21(10-15-24)26-13-5-7-19(16-26)22(27)25-11-2-3-12-25/h4,6,8,19,21H,2-3,5,7,9-17H2,1H3/t19-/m0/s1. The highest BCUT2D eigenvalue weighted by molar-refractivity contribution is 5.79. The van der Waals surface area contributed by atoms with E-state index in [0.29, 0.717) is 11.9 Å². The minimum Gasteiger partial charge on any atom is -0.342 e. The number of rotatable bonds is 4. The predicted molar refractivity (Wildman–Crippen MR) is 107 cm³/mol. The summed E-state index contributed by atoms with van der Waals surface area (Å²) in [6.07, 6.45) is 7.08. The molecule has 1 atom stereocenters. The maximum absolute atomic E-state index is 12.8. The van der Waals surface area contributed by atoms with Gasteiger partial charge in [-0.25, -0.2) is 0 Å². The van der Waals surface area contributed by atoms with Crippen molar-refractivity contribution in [3.63, 3.8) is 0 Å². The molecule has 4 heterocycles. The van der Waals surface area contributed by atoms with Crippen molar-refractivity contribution in [3.8, 4) is 0 Å². The molecule has 0 aliphatic carbocycles. The van der Waals surface area contributed by atoms with E-state index in [1.54, 1.807) is 0 Å². The fraction of sp³-hybridized carbons (Fsp3) is 0.727. The van der Waals surface area contributed by atoms with Crippen molar-refractivity contribution in [2.45, 2.75) is 58.0 Å². The summed E-state index contributed by atoms with van der Waals surface area (Å²) in [7, 11) is 0. The fourth-order valence-corrected chi connectivity index (χ4v) is 5.09. The second kappa shape index (κ2) is 8.70. The molecule has 0 aromatic carbocycles. The van der Waals surface area contributed by atoms with Crippen LogP contribution in [0.15, 0.2) is 18.2 Å². The van der Waals surface area contributed by atoms with Gasteiger partial charge in [0.05, 0.1) is 11.6 Å². The maximum atomic E-state index is 12.8. The van der Waals surface area contributed by atoms with E-state index in [2.05, 4.69) is 44.8 Å². The molecular weight excluding hydrogens is 336 g/mol. The number of carbonyl (C=O) groups excluding carboxylic acids is 1. The highest BCUT2D eigenvalue weighted by Gasteiger charge is 2.34. The number of likely N-dealkylation sites (tertiary alicyclic amines) is 3. The summed E-state index contributed by atoms with van der Waals surface area (Å²) in [5.41, 5.74) is 2.28. The lowest BCUT2D eigenvalue weighted by Gasteiger charge is -2.42. The van der Waals surface area contributed by atoms with E-state index in [0.717, 1.165) is 51.4 Å². The number of pyridine rings is 1. The average molecular weight is 371 g/mol. The Bertz CT molecular complexity index is 635. The summed E-state index contributed by atoms with van der Waals surface area (Å²) in [5, 5.41) is 0. The SMILES string of the molecule is Cc1cccc(CN2CCC(N3CCC[C@H](C(=O)N4CCCC4)C3)CC2)n1. The molecule has 1 aromatic heterocycles. The second-order valence-corrected chi connectivity index (χ2v) is 8.64. The van der Waals surface area contributed by atoms with Gasteiger partial charge in [0.15, 0.2) is 0 Å². The zero-order valence-corrected chi connectivity index (χ0v) is 16.8. The largest absolute Gasteiger partial charge is 0.342 e. The molecule has 3 aliphatic heterocycles. The first-order valence-electron chi connectivity index (χ1n) is 10.9. The molecule has 0 spiro atoms. The summed E-state index contributed by atoms with van der Waals surface area (Å²) in [6.45, 7) is 9.44.